The normalized spacial score (nSPS) is 10.7. The molecule has 0 aliphatic heterocycles. The first-order valence-corrected chi connectivity index (χ1v) is 11.1. The molecule has 0 radical (unpaired) electrons. The smallest absolute Gasteiger partial charge is 0.226 e. The van der Waals surface area contributed by atoms with E-state index in [1.807, 2.05) is 42.5 Å². The van der Waals surface area contributed by atoms with Crippen molar-refractivity contribution in [3.63, 3.8) is 0 Å². The van der Waals surface area contributed by atoms with Crippen LogP contribution in [0.4, 0.5) is 11.8 Å². The Balaban J connectivity index is 1.53. The van der Waals surface area contributed by atoms with Crippen LogP contribution in [0.3, 0.4) is 0 Å². The zero-order chi connectivity index (χ0) is 24.8. The average Bonchev–Trinajstić information content (AvgIpc) is 2.88. The Labute approximate surface area is 204 Å². The maximum absolute atomic E-state index is 6.37. The van der Waals surface area contributed by atoms with Crippen LogP contribution >= 0.6 is 0 Å². The van der Waals surface area contributed by atoms with Gasteiger partial charge in [0.05, 0.1) is 33.8 Å². The number of nitrogens with one attached hydrogen (secondary N) is 1. The molecule has 0 bridgehead atoms. The Morgan fingerprint density at radius 3 is 1.91 bits per heavy atom. The van der Waals surface area contributed by atoms with Gasteiger partial charge in [0.25, 0.3) is 0 Å². The number of fused-ring (bicyclic) bond motifs is 1. The van der Waals surface area contributed by atoms with Crippen molar-refractivity contribution in [3.05, 3.63) is 65.4 Å². The highest BCUT2D eigenvalue weighted by atomic mass is 16.5. The minimum atomic E-state index is 0.374. The number of ether oxygens (including phenoxy) is 4. The summed E-state index contributed by atoms with van der Waals surface area (Å²) in [6, 6.07) is 13.5. The average molecular weight is 476 g/mol. The molecule has 2 aromatic heterocycles. The van der Waals surface area contributed by atoms with Gasteiger partial charge >= 0.3 is 0 Å². The number of pyridine rings is 1. The third-order valence-electron chi connectivity index (χ3n) is 5.63. The van der Waals surface area contributed by atoms with Crippen LogP contribution in [0.25, 0.3) is 11.0 Å². The van der Waals surface area contributed by atoms with Crippen molar-refractivity contribution >= 4 is 22.8 Å². The molecule has 9 heteroatoms. The van der Waals surface area contributed by atoms with Crippen LogP contribution < -0.4 is 30.0 Å². The minimum Gasteiger partial charge on any atom is -0.497 e. The van der Waals surface area contributed by atoms with Gasteiger partial charge in [-0.25, -0.2) is 4.98 Å². The van der Waals surface area contributed by atoms with Gasteiger partial charge in [-0.1, -0.05) is 0 Å². The highest BCUT2D eigenvalue weighted by molar-refractivity contribution is 5.89. The van der Waals surface area contributed by atoms with Gasteiger partial charge in [0.1, 0.15) is 28.8 Å². The summed E-state index contributed by atoms with van der Waals surface area (Å²) in [7, 11) is 6.53. The second-order valence-electron chi connectivity index (χ2n) is 7.90. The third-order valence-corrected chi connectivity index (χ3v) is 5.63. The van der Waals surface area contributed by atoms with E-state index in [-0.39, 0.29) is 0 Å². The standard InChI is InChI=1S/C26H29N5O4/c1-32-19-10-16(11-20(14-19)33-2)5-7-29-26-30-24(27)23-18(6-8-28-25(23)31-26)9-17-12-21(34-3)15-22(13-17)35-4/h6,8,10-15H,5,7,9H2,1-4H3,(H3,27,28,29,30,31). The van der Waals surface area contributed by atoms with E-state index in [4.69, 9.17) is 24.7 Å². The first-order chi connectivity index (χ1) is 17.0. The summed E-state index contributed by atoms with van der Waals surface area (Å²) in [4.78, 5) is 13.5. The summed E-state index contributed by atoms with van der Waals surface area (Å²) in [5.74, 6) is 3.74. The van der Waals surface area contributed by atoms with Crippen molar-refractivity contribution in [2.24, 2.45) is 0 Å². The number of nitrogen functional groups attached to an aromatic ring is 1. The molecule has 0 amide bonds. The predicted molar refractivity (Wildman–Crippen MR) is 136 cm³/mol. The molecule has 9 nitrogen and oxygen atoms in total. The van der Waals surface area contributed by atoms with Crippen LogP contribution in [-0.4, -0.2) is 49.9 Å². The molecule has 0 unspecified atom stereocenters. The van der Waals surface area contributed by atoms with Crippen LogP contribution in [-0.2, 0) is 12.8 Å². The summed E-state index contributed by atoms with van der Waals surface area (Å²) in [6.45, 7) is 0.602. The lowest BCUT2D eigenvalue weighted by atomic mass is 10.0. The van der Waals surface area contributed by atoms with Crippen LogP contribution in [0.1, 0.15) is 16.7 Å². The predicted octanol–water partition coefficient (Wildman–Crippen LogP) is 3.89. The van der Waals surface area contributed by atoms with Crippen molar-refractivity contribution in [3.8, 4) is 23.0 Å². The van der Waals surface area contributed by atoms with Crippen LogP contribution in [0.15, 0.2) is 48.7 Å². The first-order valence-electron chi connectivity index (χ1n) is 11.1. The van der Waals surface area contributed by atoms with Gasteiger partial charge in [0, 0.05) is 24.9 Å². The van der Waals surface area contributed by atoms with Crippen molar-refractivity contribution in [1.82, 2.24) is 15.0 Å². The van der Waals surface area contributed by atoms with Gasteiger partial charge < -0.3 is 30.0 Å². The lowest BCUT2D eigenvalue weighted by molar-refractivity contribution is 0.393. The number of nitrogens with two attached hydrogens (primary N) is 1. The van der Waals surface area contributed by atoms with Crippen LogP contribution in [0.2, 0.25) is 0 Å². The molecule has 0 saturated heterocycles. The summed E-state index contributed by atoms with van der Waals surface area (Å²) < 4.78 is 21.5. The Morgan fingerprint density at radius 2 is 1.34 bits per heavy atom. The van der Waals surface area contributed by atoms with Gasteiger partial charge in [-0.05, 0) is 59.9 Å². The number of benzene rings is 2. The number of hydrogen-bond donors (Lipinski definition) is 2. The van der Waals surface area contributed by atoms with Gasteiger partial charge in [-0.3, -0.25) is 0 Å². The van der Waals surface area contributed by atoms with E-state index in [0.29, 0.717) is 30.4 Å². The molecule has 0 atom stereocenters. The molecule has 0 aliphatic rings. The van der Waals surface area contributed by atoms with E-state index >= 15 is 0 Å². The topological polar surface area (TPSA) is 114 Å². The summed E-state index contributed by atoms with van der Waals surface area (Å²) in [5, 5.41) is 3.98. The van der Waals surface area contributed by atoms with Crippen molar-refractivity contribution in [1.29, 1.82) is 0 Å². The van der Waals surface area contributed by atoms with Gasteiger partial charge in [0.2, 0.25) is 5.95 Å². The Morgan fingerprint density at radius 1 is 0.771 bits per heavy atom. The summed E-state index contributed by atoms with van der Waals surface area (Å²) >= 11 is 0. The minimum absolute atomic E-state index is 0.374. The fraction of sp³-hybridized carbons (Fsp3) is 0.269. The second-order valence-corrected chi connectivity index (χ2v) is 7.90. The van der Waals surface area contributed by atoms with Crippen molar-refractivity contribution in [2.45, 2.75) is 12.8 Å². The summed E-state index contributed by atoms with van der Waals surface area (Å²) in [6.07, 6.45) is 3.05. The molecular formula is C26H29N5O4. The highest BCUT2D eigenvalue weighted by Crippen LogP contribution is 2.28. The van der Waals surface area contributed by atoms with E-state index in [0.717, 1.165) is 51.5 Å². The van der Waals surface area contributed by atoms with E-state index in [9.17, 15) is 0 Å². The number of anilines is 2. The fourth-order valence-electron chi connectivity index (χ4n) is 3.89. The SMILES string of the molecule is COc1cc(CCNc2nc(N)c3c(Cc4cc(OC)cc(OC)c4)ccnc3n2)cc(OC)c1. The van der Waals surface area contributed by atoms with Gasteiger partial charge in [-0.2, -0.15) is 9.97 Å². The highest BCUT2D eigenvalue weighted by Gasteiger charge is 2.13. The molecule has 4 rings (SSSR count). The zero-order valence-electron chi connectivity index (χ0n) is 20.3. The molecule has 3 N–H and O–H groups in total. The first kappa shape index (κ1) is 23.9. The van der Waals surface area contributed by atoms with Crippen LogP contribution in [0, 0.1) is 0 Å². The maximum Gasteiger partial charge on any atom is 0.226 e. The fourth-order valence-corrected chi connectivity index (χ4v) is 3.89. The van der Waals surface area contributed by atoms with E-state index < -0.39 is 0 Å². The van der Waals surface area contributed by atoms with Crippen molar-refractivity contribution < 1.29 is 18.9 Å². The molecule has 0 spiro atoms. The van der Waals surface area contributed by atoms with E-state index in [1.165, 1.54) is 0 Å². The molecule has 4 aromatic rings. The molecule has 0 fully saturated rings. The monoisotopic (exact) mass is 475 g/mol. The Kier molecular flexibility index (Phi) is 7.35. The lowest BCUT2D eigenvalue weighted by Gasteiger charge is -2.12. The Hall–Kier alpha value is -4.27. The van der Waals surface area contributed by atoms with Gasteiger partial charge in [0.15, 0.2) is 5.65 Å². The molecule has 0 aliphatic carbocycles. The number of methoxy groups -OCH3 is 4. The van der Waals surface area contributed by atoms with Crippen molar-refractivity contribution in [2.75, 3.05) is 46.0 Å². The number of nitrogens with zero attached hydrogens (tertiary/aromatic N) is 3. The molecule has 35 heavy (non-hydrogen) atoms. The summed E-state index contributed by atoms with van der Waals surface area (Å²) in [5.41, 5.74) is 9.96. The van der Waals surface area contributed by atoms with Gasteiger partial charge in [-0.15, -0.1) is 0 Å². The quantitative estimate of drug-likeness (QED) is 0.353. The molecule has 0 saturated carbocycles. The third kappa shape index (κ3) is 5.63. The van der Waals surface area contributed by atoms with E-state index in [1.54, 1.807) is 34.6 Å². The lowest BCUT2D eigenvalue weighted by Crippen LogP contribution is -2.10. The van der Waals surface area contributed by atoms with Crippen LogP contribution in [0.5, 0.6) is 23.0 Å². The second kappa shape index (κ2) is 10.8. The molecule has 2 heterocycles. The number of hydrogen-bond acceptors (Lipinski definition) is 9. The zero-order valence-corrected chi connectivity index (χ0v) is 20.3. The molecular weight excluding hydrogens is 446 g/mol. The Bertz CT molecular complexity index is 1280. The largest absolute Gasteiger partial charge is 0.497 e. The number of aromatic nitrogens is 3. The molecule has 2 aromatic carbocycles. The molecule has 182 valence electrons. The maximum atomic E-state index is 6.37. The number of rotatable bonds is 10. The van der Waals surface area contributed by atoms with E-state index in [2.05, 4.69) is 20.3 Å².